The van der Waals surface area contributed by atoms with Gasteiger partial charge in [-0.05, 0) is 12.0 Å². The van der Waals surface area contributed by atoms with Crippen LogP contribution in [0.4, 0.5) is 0 Å². The molecule has 2 aromatic heterocycles. The zero-order valence-corrected chi connectivity index (χ0v) is 15.6. The third-order valence-corrected chi connectivity index (χ3v) is 5.86. The number of benzene rings is 1. The second kappa shape index (κ2) is 6.73. The maximum Gasteiger partial charge on any atom is 0.259 e. The summed E-state index contributed by atoms with van der Waals surface area (Å²) in [6.07, 6.45) is 1.31. The lowest BCUT2D eigenvalue weighted by molar-refractivity contribution is -0.926. The number of nitrogens with zero attached hydrogens (tertiary/aromatic N) is 2. The lowest BCUT2D eigenvalue weighted by Gasteiger charge is -2.31. The predicted octanol–water partition coefficient (Wildman–Crippen LogP) is 2.48. The molecule has 0 spiro atoms. The van der Waals surface area contributed by atoms with Gasteiger partial charge in [-0.2, -0.15) is 0 Å². The van der Waals surface area contributed by atoms with Gasteiger partial charge >= 0.3 is 0 Å². The molecule has 1 aliphatic rings. The average Bonchev–Trinajstić information content (AvgIpc) is 2.99. The van der Waals surface area contributed by atoms with Crippen molar-refractivity contribution in [3.63, 3.8) is 0 Å². The molecule has 0 bridgehead atoms. The van der Waals surface area contributed by atoms with Crippen LogP contribution in [0.25, 0.3) is 16.2 Å². The van der Waals surface area contributed by atoms with Crippen molar-refractivity contribution in [3.8, 4) is 11.3 Å². The number of nitrogens with one attached hydrogen (secondary N) is 1. The van der Waals surface area contributed by atoms with Gasteiger partial charge in [0.15, 0.2) is 4.96 Å². The van der Waals surface area contributed by atoms with Crippen molar-refractivity contribution in [1.82, 2.24) is 9.38 Å². The van der Waals surface area contributed by atoms with Crippen LogP contribution in [0, 0.1) is 11.8 Å². The van der Waals surface area contributed by atoms with E-state index in [9.17, 15) is 4.79 Å². The van der Waals surface area contributed by atoms with Crippen LogP contribution in [0.3, 0.4) is 0 Å². The summed E-state index contributed by atoms with van der Waals surface area (Å²) in [7, 11) is 0. The Morgan fingerprint density at radius 3 is 2.64 bits per heavy atom. The lowest BCUT2D eigenvalue weighted by Crippen LogP contribution is -3.13. The molecule has 3 aromatic rings. The van der Waals surface area contributed by atoms with Gasteiger partial charge < -0.3 is 4.90 Å². The average molecular weight is 354 g/mol. The molecule has 0 aliphatic carbocycles. The third kappa shape index (κ3) is 3.39. The Labute approximate surface area is 151 Å². The highest BCUT2D eigenvalue weighted by molar-refractivity contribution is 7.15. The summed E-state index contributed by atoms with van der Waals surface area (Å²) in [6, 6.07) is 11.8. The van der Waals surface area contributed by atoms with E-state index < -0.39 is 0 Å². The number of rotatable bonds is 3. The topological polar surface area (TPSA) is 38.8 Å². The van der Waals surface area contributed by atoms with Crippen LogP contribution < -0.4 is 10.5 Å². The molecular formula is C20H24N3OS+. The van der Waals surface area contributed by atoms with E-state index in [4.69, 9.17) is 4.98 Å². The van der Waals surface area contributed by atoms with Crippen molar-refractivity contribution in [3.05, 3.63) is 57.8 Å². The SMILES string of the molecule is C[C@H]1C[C@H](C)C[NH+](Cc2cc(=O)n3c(-c4ccccc4)csc3n2)C1. The molecule has 130 valence electrons. The number of fused-ring (bicyclic) bond motifs is 1. The highest BCUT2D eigenvalue weighted by Crippen LogP contribution is 2.23. The summed E-state index contributed by atoms with van der Waals surface area (Å²) < 4.78 is 1.74. The summed E-state index contributed by atoms with van der Waals surface area (Å²) in [5, 5.41) is 2.03. The summed E-state index contributed by atoms with van der Waals surface area (Å²) in [6.45, 7) is 7.84. The molecule has 0 unspecified atom stereocenters. The van der Waals surface area contributed by atoms with Crippen LogP contribution in [0.15, 0.2) is 46.6 Å². The zero-order chi connectivity index (χ0) is 17.4. The summed E-state index contributed by atoms with van der Waals surface area (Å²) in [5.41, 5.74) is 2.92. The van der Waals surface area contributed by atoms with Crippen molar-refractivity contribution < 1.29 is 4.90 Å². The lowest BCUT2D eigenvalue weighted by atomic mass is 9.92. The highest BCUT2D eigenvalue weighted by Gasteiger charge is 2.25. The number of quaternary nitrogens is 1. The molecule has 1 fully saturated rings. The summed E-state index contributed by atoms with van der Waals surface area (Å²) in [5.74, 6) is 1.49. The highest BCUT2D eigenvalue weighted by atomic mass is 32.1. The number of aromatic nitrogens is 2. The molecule has 1 saturated heterocycles. The molecule has 0 saturated carbocycles. The maximum absolute atomic E-state index is 12.7. The van der Waals surface area contributed by atoms with Crippen LogP contribution in [0.2, 0.25) is 0 Å². The van der Waals surface area contributed by atoms with E-state index in [1.807, 2.05) is 35.7 Å². The summed E-state index contributed by atoms with van der Waals surface area (Å²) in [4.78, 5) is 19.9. The molecule has 1 aliphatic heterocycles. The fourth-order valence-electron chi connectivity index (χ4n) is 4.19. The molecule has 2 atom stereocenters. The first kappa shape index (κ1) is 16.5. The van der Waals surface area contributed by atoms with Gasteiger partial charge in [0.05, 0.1) is 18.8 Å². The maximum atomic E-state index is 12.7. The molecule has 4 nitrogen and oxygen atoms in total. The van der Waals surface area contributed by atoms with Gasteiger partial charge in [0.25, 0.3) is 5.56 Å². The molecule has 1 N–H and O–H groups in total. The first-order chi connectivity index (χ1) is 12.1. The first-order valence-electron chi connectivity index (χ1n) is 8.99. The van der Waals surface area contributed by atoms with Crippen LogP contribution in [0.5, 0.6) is 0 Å². The number of thiazole rings is 1. The Morgan fingerprint density at radius 2 is 1.92 bits per heavy atom. The van der Waals surface area contributed by atoms with Gasteiger partial charge in [-0.3, -0.25) is 9.20 Å². The second-order valence-electron chi connectivity index (χ2n) is 7.47. The van der Waals surface area contributed by atoms with E-state index in [1.54, 1.807) is 26.7 Å². The Balaban J connectivity index is 1.66. The molecule has 25 heavy (non-hydrogen) atoms. The quantitative estimate of drug-likeness (QED) is 0.785. The van der Waals surface area contributed by atoms with Crippen LogP contribution >= 0.6 is 11.3 Å². The van der Waals surface area contributed by atoms with Crippen molar-refractivity contribution >= 4 is 16.3 Å². The minimum absolute atomic E-state index is 0.0256. The predicted molar refractivity (Wildman–Crippen MR) is 102 cm³/mol. The van der Waals surface area contributed by atoms with Crippen molar-refractivity contribution in [2.75, 3.05) is 13.1 Å². The Morgan fingerprint density at radius 1 is 1.20 bits per heavy atom. The third-order valence-electron chi connectivity index (χ3n) is 5.04. The van der Waals surface area contributed by atoms with Gasteiger partial charge in [0.2, 0.25) is 0 Å². The van der Waals surface area contributed by atoms with Gasteiger partial charge in [-0.1, -0.05) is 44.2 Å². The van der Waals surface area contributed by atoms with Crippen molar-refractivity contribution in [2.45, 2.75) is 26.8 Å². The Hall–Kier alpha value is -1.98. The molecule has 0 amide bonds. The smallest absolute Gasteiger partial charge is 0.259 e. The van der Waals surface area contributed by atoms with E-state index in [0.29, 0.717) is 0 Å². The normalized spacial score (nSPS) is 23.8. The largest absolute Gasteiger partial charge is 0.329 e. The van der Waals surface area contributed by atoms with Gasteiger partial charge in [-0.25, -0.2) is 4.98 Å². The Kier molecular flexibility index (Phi) is 4.44. The minimum atomic E-state index is 0.0256. The second-order valence-corrected chi connectivity index (χ2v) is 8.31. The number of hydrogen-bond donors (Lipinski definition) is 1. The van der Waals surface area contributed by atoms with Gasteiger partial charge in [-0.15, -0.1) is 11.3 Å². The molecular weight excluding hydrogens is 330 g/mol. The molecule has 4 rings (SSSR count). The molecule has 5 heteroatoms. The van der Waals surface area contributed by atoms with Gasteiger partial charge in [0, 0.05) is 23.3 Å². The van der Waals surface area contributed by atoms with E-state index in [2.05, 4.69) is 13.8 Å². The van der Waals surface area contributed by atoms with Crippen LogP contribution in [0.1, 0.15) is 26.0 Å². The van der Waals surface area contributed by atoms with Crippen molar-refractivity contribution in [1.29, 1.82) is 0 Å². The number of piperidine rings is 1. The number of hydrogen-bond acceptors (Lipinski definition) is 3. The van der Waals surface area contributed by atoms with E-state index in [1.165, 1.54) is 19.5 Å². The van der Waals surface area contributed by atoms with Crippen LogP contribution in [-0.4, -0.2) is 22.5 Å². The fourth-order valence-corrected chi connectivity index (χ4v) is 5.11. The first-order valence-corrected chi connectivity index (χ1v) is 9.87. The molecule has 3 heterocycles. The van der Waals surface area contributed by atoms with E-state index >= 15 is 0 Å². The molecule has 1 aromatic carbocycles. The van der Waals surface area contributed by atoms with E-state index in [0.717, 1.165) is 40.3 Å². The monoisotopic (exact) mass is 354 g/mol. The number of likely N-dealkylation sites (tertiary alicyclic amines) is 1. The van der Waals surface area contributed by atoms with Crippen molar-refractivity contribution in [2.24, 2.45) is 11.8 Å². The minimum Gasteiger partial charge on any atom is -0.329 e. The fraction of sp³-hybridized carbons (Fsp3) is 0.400. The Bertz CT molecular complexity index is 921. The standard InChI is InChI=1S/C20H23N3OS/c1-14-8-15(2)11-22(10-14)12-17-9-19(24)23-18(13-25-20(23)21-17)16-6-4-3-5-7-16/h3-7,9,13-15H,8,10-12H2,1-2H3/p+1/t14-,15-/m0/s1. The summed E-state index contributed by atoms with van der Waals surface area (Å²) >= 11 is 1.54. The van der Waals surface area contributed by atoms with Gasteiger partial charge in [0.1, 0.15) is 12.2 Å². The zero-order valence-electron chi connectivity index (χ0n) is 14.7. The van der Waals surface area contributed by atoms with E-state index in [-0.39, 0.29) is 5.56 Å². The molecule has 0 radical (unpaired) electrons. The van der Waals surface area contributed by atoms with Crippen LogP contribution in [-0.2, 0) is 6.54 Å².